The fourth-order valence-electron chi connectivity index (χ4n) is 1.79. The Balaban J connectivity index is 0.00000116. The van der Waals surface area contributed by atoms with Crippen molar-refractivity contribution in [1.82, 2.24) is 4.98 Å². The Kier molecular flexibility index (Phi) is 6.76. The maximum absolute atomic E-state index is 10.7. The highest BCUT2D eigenvalue weighted by Gasteiger charge is 2.10. The number of amides is 1. The van der Waals surface area contributed by atoms with E-state index in [2.05, 4.69) is 4.98 Å². The molecule has 0 aliphatic rings. The Morgan fingerprint density at radius 1 is 1.18 bits per heavy atom. The molecule has 1 aromatic carbocycles. The summed E-state index contributed by atoms with van der Waals surface area (Å²) in [6.45, 7) is 5.59. The van der Waals surface area contributed by atoms with Crippen LogP contribution in [-0.2, 0) is 4.79 Å². The van der Waals surface area contributed by atoms with Crippen LogP contribution in [0.4, 0.5) is 0 Å². The van der Waals surface area contributed by atoms with Crippen molar-refractivity contribution in [3.05, 3.63) is 59.3 Å². The molecule has 22 heavy (non-hydrogen) atoms. The molecule has 0 fully saturated rings. The van der Waals surface area contributed by atoms with Crippen molar-refractivity contribution in [2.45, 2.75) is 20.8 Å². The van der Waals surface area contributed by atoms with Crippen molar-refractivity contribution in [2.24, 2.45) is 5.73 Å². The number of aromatic nitrogens is 1. The first-order valence-corrected chi connectivity index (χ1v) is 7.11. The molecule has 0 aliphatic heterocycles. The van der Waals surface area contributed by atoms with Crippen molar-refractivity contribution in [3.8, 4) is 5.88 Å². The van der Waals surface area contributed by atoms with Crippen LogP contribution in [-0.4, -0.2) is 23.2 Å². The Morgan fingerprint density at radius 3 is 2.36 bits per heavy atom. The molecule has 0 saturated heterocycles. The molecule has 1 amide bonds. The van der Waals surface area contributed by atoms with E-state index in [0.29, 0.717) is 17.3 Å². The second-order valence-corrected chi connectivity index (χ2v) is 4.28. The van der Waals surface area contributed by atoms with E-state index in [4.69, 9.17) is 15.9 Å². The number of hydrogen-bond donors (Lipinski definition) is 2. The lowest BCUT2D eigenvalue weighted by molar-refractivity contribution is -0.120. The number of aryl methyl sites for hydroxylation is 1. The molecule has 0 unspecified atom stereocenters. The molecule has 0 radical (unpaired) electrons. The average molecular weight is 299 g/mol. The van der Waals surface area contributed by atoms with Crippen molar-refractivity contribution < 1.29 is 9.53 Å². The normalized spacial score (nSPS) is 9.41. The van der Waals surface area contributed by atoms with Crippen LogP contribution in [0.1, 0.15) is 30.7 Å². The highest BCUT2D eigenvalue weighted by molar-refractivity contribution is 6.11. The second kappa shape index (κ2) is 8.56. The summed E-state index contributed by atoms with van der Waals surface area (Å²) in [6, 6.07) is 12.8. The fraction of sp³-hybridized carbons (Fsp3) is 0.235. The summed E-state index contributed by atoms with van der Waals surface area (Å²) in [7, 11) is 0. The number of primary amides is 1. The number of rotatable bonds is 5. The maximum Gasteiger partial charge on any atom is 0.255 e. The lowest BCUT2D eigenvalue weighted by atomic mass is 10.0. The Bertz CT molecular complexity index is 640. The van der Waals surface area contributed by atoms with E-state index in [1.54, 1.807) is 19.1 Å². The second-order valence-electron chi connectivity index (χ2n) is 4.28. The topological polar surface area (TPSA) is 89.1 Å². The molecule has 0 atom stereocenters. The van der Waals surface area contributed by atoms with Crippen molar-refractivity contribution in [1.29, 1.82) is 5.41 Å². The standard InChI is InChI=1S/C15H15N3O2.C2H6/c1-10-12(15(17)11-5-3-2-4-6-11)7-8-14(18-10)20-9-13(16)19;1-2/h2-8,17H,9H2,1H3,(H2,16,19);1-2H3. The van der Waals surface area contributed by atoms with Crippen LogP contribution in [0.15, 0.2) is 42.5 Å². The summed E-state index contributed by atoms with van der Waals surface area (Å²) >= 11 is 0. The van der Waals surface area contributed by atoms with Gasteiger partial charge < -0.3 is 10.5 Å². The lowest BCUT2D eigenvalue weighted by Crippen LogP contribution is -2.20. The Morgan fingerprint density at radius 2 is 1.82 bits per heavy atom. The van der Waals surface area contributed by atoms with E-state index in [0.717, 1.165) is 11.1 Å². The molecule has 1 aromatic heterocycles. The van der Waals surface area contributed by atoms with Gasteiger partial charge >= 0.3 is 0 Å². The molecular formula is C17H21N3O2. The summed E-state index contributed by atoms with van der Waals surface area (Å²) in [5, 5.41) is 8.20. The van der Waals surface area contributed by atoms with Crippen LogP contribution in [0.25, 0.3) is 0 Å². The molecule has 0 saturated carbocycles. The molecule has 2 aromatic rings. The molecule has 3 N–H and O–H groups in total. The number of nitrogens with two attached hydrogens (primary N) is 1. The average Bonchev–Trinajstić information content (AvgIpc) is 2.55. The zero-order valence-electron chi connectivity index (χ0n) is 13.1. The van der Waals surface area contributed by atoms with Crippen LogP contribution in [0.3, 0.4) is 0 Å². The predicted molar refractivity (Wildman–Crippen MR) is 87.4 cm³/mol. The summed E-state index contributed by atoms with van der Waals surface area (Å²) < 4.78 is 5.13. The molecule has 5 nitrogen and oxygen atoms in total. The van der Waals surface area contributed by atoms with Gasteiger partial charge in [0.25, 0.3) is 5.91 Å². The third kappa shape index (κ3) is 4.70. The lowest BCUT2D eigenvalue weighted by Gasteiger charge is -2.09. The molecule has 116 valence electrons. The zero-order valence-corrected chi connectivity index (χ0v) is 13.1. The van der Waals surface area contributed by atoms with Crippen LogP contribution < -0.4 is 10.5 Å². The van der Waals surface area contributed by atoms with Gasteiger partial charge in [0, 0.05) is 17.2 Å². The summed E-state index contributed by atoms with van der Waals surface area (Å²) in [4.78, 5) is 14.9. The molecule has 2 rings (SSSR count). The van der Waals surface area contributed by atoms with E-state index >= 15 is 0 Å². The minimum atomic E-state index is -0.550. The number of pyridine rings is 1. The molecular weight excluding hydrogens is 278 g/mol. The van der Waals surface area contributed by atoms with Gasteiger partial charge in [-0.3, -0.25) is 10.2 Å². The number of nitrogens with zero attached hydrogens (tertiary/aromatic N) is 1. The minimum absolute atomic E-state index is 0.206. The molecule has 0 aliphatic carbocycles. The first-order valence-electron chi connectivity index (χ1n) is 7.11. The number of carbonyl (C=O) groups is 1. The third-order valence-corrected chi connectivity index (χ3v) is 2.75. The van der Waals surface area contributed by atoms with E-state index < -0.39 is 5.91 Å². The first kappa shape index (κ1) is 17.4. The monoisotopic (exact) mass is 299 g/mol. The van der Waals surface area contributed by atoms with Gasteiger partial charge in [0.1, 0.15) is 0 Å². The highest BCUT2D eigenvalue weighted by atomic mass is 16.5. The van der Waals surface area contributed by atoms with Crippen molar-refractivity contribution in [2.75, 3.05) is 6.61 Å². The van der Waals surface area contributed by atoms with Crippen LogP contribution in [0, 0.1) is 12.3 Å². The number of ether oxygens (including phenoxy) is 1. The van der Waals surface area contributed by atoms with E-state index in [-0.39, 0.29) is 6.61 Å². The number of carbonyl (C=O) groups excluding carboxylic acids is 1. The fourth-order valence-corrected chi connectivity index (χ4v) is 1.79. The van der Waals surface area contributed by atoms with E-state index in [1.807, 2.05) is 44.2 Å². The quantitative estimate of drug-likeness (QED) is 0.832. The smallest absolute Gasteiger partial charge is 0.255 e. The Labute approximate surface area is 130 Å². The molecule has 5 heteroatoms. The molecule has 0 spiro atoms. The van der Waals surface area contributed by atoms with Crippen LogP contribution >= 0.6 is 0 Å². The van der Waals surface area contributed by atoms with Gasteiger partial charge in [-0.2, -0.15) is 0 Å². The highest BCUT2D eigenvalue weighted by Crippen LogP contribution is 2.16. The van der Waals surface area contributed by atoms with Crippen LogP contribution in [0.5, 0.6) is 5.88 Å². The van der Waals surface area contributed by atoms with E-state index in [1.165, 1.54) is 0 Å². The van der Waals surface area contributed by atoms with Gasteiger partial charge in [-0.15, -0.1) is 0 Å². The summed E-state index contributed by atoms with van der Waals surface area (Å²) in [6.07, 6.45) is 0. The number of hydrogen-bond acceptors (Lipinski definition) is 4. The largest absolute Gasteiger partial charge is 0.468 e. The number of benzene rings is 1. The summed E-state index contributed by atoms with van der Waals surface area (Å²) in [5.41, 5.74) is 7.62. The van der Waals surface area contributed by atoms with Gasteiger partial charge in [0.05, 0.1) is 11.4 Å². The zero-order chi connectivity index (χ0) is 16.5. The molecule has 0 bridgehead atoms. The maximum atomic E-state index is 10.7. The predicted octanol–water partition coefficient (Wildman–Crippen LogP) is 2.70. The first-order chi connectivity index (χ1) is 10.6. The summed E-state index contributed by atoms with van der Waals surface area (Å²) in [5.74, 6) is -0.225. The third-order valence-electron chi connectivity index (χ3n) is 2.75. The van der Waals surface area contributed by atoms with Gasteiger partial charge in [-0.1, -0.05) is 44.2 Å². The number of nitrogens with one attached hydrogen (secondary N) is 1. The van der Waals surface area contributed by atoms with Crippen molar-refractivity contribution >= 4 is 11.6 Å². The minimum Gasteiger partial charge on any atom is -0.468 e. The van der Waals surface area contributed by atoms with E-state index in [9.17, 15) is 4.79 Å². The van der Waals surface area contributed by atoms with Crippen LogP contribution in [0.2, 0.25) is 0 Å². The SMILES string of the molecule is CC.Cc1nc(OCC(N)=O)ccc1C(=N)c1ccccc1. The van der Waals surface area contributed by atoms with Gasteiger partial charge in [0.15, 0.2) is 6.61 Å². The van der Waals surface area contributed by atoms with Gasteiger partial charge in [-0.05, 0) is 13.0 Å². The van der Waals surface area contributed by atoms with Gasteiger partial charge in [-0.25, -0.2) is 4.98 Å². The van der Waals surface area contributed by atoms with Crippen molar-refractivity contribution in [3.63, 3.8) is 0 Å². The molecule has 1 heterocycles. The Hall–Kier alpha value is -2.69. The van der Waals surface area contributed by atoms with Gasteiger partial charge in [0.2, 0.25) is 5.88 Å².